The van der Waals surface area contributed by atoms with Crippen LogP contribution in [0.25, 0.3) is 0 Å². The van der Waals surface area contributed by atoms with Gasteiger partial charge in [0.25, 0.3) is 0 Å². The Morgan fingerprint density at radius 1 is 1.12 bits per heavy atom. The van der Waals surface area contributed by atoms with Crippen LogP contribution in [0.3, 0.4) is 0 Å². The first-order valence-corrected chi connectivity index (χ1v) is 8.04. The van der Waals surface area contributed by atoms with Gasteiger partial charge >= 0.3 is 5.97 Å². The van der Waals surface area contributed by atoms with Gasteiger partial charge in [-0.25, -0.2) is 4.79 Å². The van der Waals surface area contributed by atoms with E-state index in [0.717, 1.165) is 16.7 Å². The molecule has 0 saturated heterocycles. The quantitative estimate of drug-likeness (QED) is 0.423. The van der Waals surface area contributed by atoms with E-state index in [9.17, 15) is 4.79 Å². The molecule has 3 nitrogen and oxygen atoms in total. The normalized spacial score (nSPS) is 12.7. The zero-order valence-electron chi connectivity index (χ0n) is 14.6. The number of hydrogen-bond acceptors (Lipinski definition) is 3. The van der Waals surface area contributed by atoms with Gasteiger partial charge in [0.1, 0.15) is 6.10 Å². The van der Waals surface area contributed by atoms with Gasteiger partial charge in [0.2, 0.25) is 0 Å². The van der Waals surface area contributed by atoms with E-state index in [0.29, 0.717) is 6.42 Å². The molecule has 0 aliphatic rings. The minimum atomic E-state index is -0.633. The summed E-state index contributed by atoms with van der Waals surface area (Å²) in [7, 11) is 1.33. The molecule has 3 heteroatoms. The highest BCUT2D eigenvalue weighted by molar-refractivity contribution is 5.89. The monoisotopic (exact) mass is 334 g/mol. The van der Waals surface area contributed by atoms with Crippen LogP contribution in [-0.2, 0) is 14.3 Å². The molecular formula is C22H22O3. The molecular weight excluding hydrogens is 312 g/mol. The van der Waals surface area contributed by atoms with Gasteiger partial charge in [-0.1, -0.05) is 66.7 Å². The van der Waals surface area contributed by atoms with Crippen molar-refractivity contribution in [2.75, 3.05) is 7.11 Å². The first-order valence-electron chi connectivity index (χ1n) is 8.04. The summed E-state index contributed by atoms with van der Waals surface area (Å²) in [4.78, 5) is 12.0. The Kier molecular flexibility index (Phi) is 6.56. The number of esters is 1. The number of carbonyl (C=O) groups excluding carboxylic acids is 1. The van der Waals surface area contributed by atoms with Gasteiger partial charge in [0.15, 0.2) is 0 Å². The van der Waals surface area contributed by atoms with Crippen LogP contribution in [0.15, 0.2) is 66.7 Å². The van der Waals surface area contributed by atoms with Crippen molar-refractivity contribution in [3.63, 3.8) is 0 Å². The van der Waals surface area contributed by atoms with Crippen molar-refractivity contribution in [3.8, 4) is 12.3 Å². The molecule has 0 aromatic heterocycles. The Hall–Kier alpha value is -2.83. The van der Waals surface area contributed by atoms with Crippen LogP contribution >= 0.6 is 0 Å². The van der Waals surface area contributed by atoms with Gasteiger partial charge in [0.05, 0.1) is 18.8 Å². The van der Waals surface area contributed by atoms with E-state index in [4.69, 9.17) is 15.9 Å². The molecule has 0 fully saturated rings. The van der Waals surface area contributed by atoms with E-state index < -0.39 is 12.1 Å². The van der Waals surface area contributed by atoms with Crippen LogP contribution in [-0.4, -0.2) is 13.1 Å². The molecule has 0 N–H and O–H groups in total. The molecule has 2 atom stereocenters. The van der Waals surface area contributed by atoms with Gasteiger partial charge in [-0.3, -0.25) is 0 Å². The predicted octanol–water partition coefficient (Wildman–Crippen LogP) is 4.55. The number of rotatable bonds is 7. The second kappa shape index (κ2) is 8.86. The van der Waals surface area contributed by atoms with Crippen LogP contribution in [0.2, 0.25) is 0 Å². The van der Waals surface area contributed by atoms with Crippen molar-refractivity contribution in [2.45, 2.75) is 25.6 Å². The summed E-state index contributed by atoms with van der Waals surface area (Å²) in [5.74, 6) is 2.14. The third-order valence-corrected chi connectivity index (χ3v) is 3.92. The standard InChI is InChI=1S/C22H22O3/c1-5-9-20(18-10-7-6-8-11-18)25-21(17(3)22(23)24-4)19-14-12-16(2)13-15-19/h1,6-8,10-15,20-21H,3,9H2,2,4H3. The molecule has 0 heterocycles. The topological polar surface area (TPSA) is 35.5 Å². The fraction of sp³-hybridized carbons (Fsp3) is 0.227. The van der Waals surface area contributed by atoms with Crippen molar-refractivity contribution in [1.82, 2.24) is 0 Å². The lowest BCUT2D eigenvalue weighted by molar-refractivity contribution is -0.138. The maximum absolute atomic E-state index is 12.0. The average molecular weight is 334 g/mol. The maximum Gasteiger partial charge on any atom is 0.336 e. The molecule has 0 aliphatic heterocycles. The zero-order chi connectivity index (χ0) is 18.2. The molecule has 128 valence electrons. The number of carbonyl (C=O) groups is 1. The summed E-state index contributed by atoms with van der Waals surface area (Å²) in [5, 5.41) is 0. The van der Waals surface area contributed by atoms with Gasteiger partial charge in [-0.05, 0) is 18.1 Å². The van der Waals surface area contributed by atoms with Crippen LogP contribution in [0, 0.1) is 19.3 Å². The molecule has 25 heavy (non-hydrogen) atoms. The Morgan fingerprint density at radius 2 is 1.76 bits per heavy atom. The first kappa shape index (κ1) is 18.5. The Balaban J connectivity index is 2.36. The molecule has 0 saturated carbocycles. The Morgan fingerprint density at radius 3 is 2.32 bits per heavy atom. The van der Waals surface area contributed by atoms with E-state index in [-0.39, 0.29) is 11.7 Å². The fourth-order valence-corrected chi connectivity index (χ4v) is 2.52. The van der Waals surface area contributed by atoms with E-state index in [1.165, 1.54) is 7.11 Å². The Bertz CT molecular complexity index is 754. The summed E-state index contributed by atoms with van der Waals surface area (Å²) in [6.07, 6.45) is 4.93. The van der Waals surface area contributed by atoms with Crippen molar-refractivity contribution in [1.29, 1.82) is 0 Å². The third-order valence-electron chi connectivity index (χ3n) is 3.92. The van der Waals surface area contributed by atoms with Crippen LogP contribution < -0.4 is 0 Å². The highest BCUT2D eigenvalue weighted by Gasteiger charge is 2.26. The lowest BCUT2D eigenvalue weighted by atomic mass is 10.00. The molecule has 0 bridgehead atoms. The van der Waals surface area contributed by atoms with Crippen LogP contribution in [0.4, 0.5) is 0 Å². The highest BCUT2D eigenvalue weighted by atomic mass is 16.5. The van der Waals surface area contributed by atoms with Crippen LogP contribution in [0.1, 0.15) is 35.3 Å². The van der Waals surface area contributed by atoms with Crippen LogP contribution in [0.5, 0.6) is 0 Å². The van der Waals surface area contributed by atoms with E-state index in [2.05, 4.69) is 12.5 Å². The van der Waals surface area contributed by atoms with Crippen molar-refractivity contribution < 1.29 is 14.3 Å². The van der Waals surface area contributed by atoms with Crippen molar-refractivity contribution >= 4 is 5.97 Å². The first-order chi connectivity index (χ1) is 12.1. The minimum Gasteiger partial charge on any atom is -0.466 e. The second-order valence-electron chi connectivity index (χ2n) is 5.75. The van der Waals surface area contributed by atoms with E-state index in [1.54, 1.807) is 0 Å². The maximum atomic E-state index is 12.0. The summed E-state index contributed by atoms with van der Waals surface area (Å²) in [6.45, 7) is 5.88. The van der Waals surface area contributed by atoms with Crippen molar-refractivity contribution in [2.24, 2.45) is 0 Å². The third kappa shape index (κ3) is 4.82. The van der Waals surface area contributed by atoms with E-state index in [1.807, 2.05) is 61.5 Å². The second-order valence-corrected chi connectivity index (χ2v) is 5.75. The predicted molar refractivity (Wildman–Crippen MR) is 98.8 cm³/mol. The number of benzene rings is 2. The number of hydrogen-bond donors (Lipinski definition) is 0. The van der Waals surface area contributed by atoms with Crippen molar-refractivity contribution in [3.05, 3.63) is 83.4 Å². The molecule has 0 amide bonds. The summed E-state index contributed by atoms with van der Waals surface area (Å²) < 4.78 is 11.1. The van der Waals surface area contributed by atoms with Gasteiger partial charge in [0, 0.05) is 6.42 Å². The molecule has 0 radical (unpaired) electrons. The SMILES string of the molecule is C#CCC(OC(C(=C)C(=O)OC)c1ccc(C)cc1)c1ccccc1. The Labute approximate surface area is 149 Å². The van der Waals surface area contributed by atoms with Gasteiger partial charge < -0.3 is 9.47 Å². The summed E-state index contributed by atoms with van der Waals surface area (Å²) in [6, 6.07) is 17.5. The molecule has 0 spiro atoms. The zero-order valence-corrected chi connectivity index (χ0v) is 14.6. The smallest absolute Gasteiger partial charge is 0.336 e. The molecule has 2 aromatic carbocycles. The number of methoxy groups -OCH3 is 1. The highest BCUT2D eigenvalue weighted by Crippen LogP contribution is 2.33. The molecule has 2 aromatic rings. The molecule has 2 rings (SSSR count). The number of terminal acetylenes is 1. The molecule has 2 unspecified atom stereocenters. The average Bonchev–Trinajstić information content (AvgIpc) is 2.65. The largest absolute Gasteiger partial charge is 0.466 e. The number of ether oxygens (including phenoxy) is 2. The lowest BCUT2D eigenvalue weighted by Gasteiger charge is -2.25. The summed E-state index contributed by atoms with van der Waals surface area (Å²) in [5.41, 5.74) is 3.15. The van der Waals surface area contributed by atoms with Gasteiger partial charge in [-0.2, -0.15) is 0 Å². The van der Waals surface area contributed by atoms with E-state index >= 15 is 0 Å². The minimum absolute atomic E-state index is 0.240. The lowest BCUT2D eigenvalue weighted by Crippen LogP contribution is -2.18. The summed E-state index contributed by atoms with van der Waals surface area (Å²) >= 11 is 0. The fourth-order valence-electron chi connectivity index (χ4n) is 2.52. The number of aryl methyl sites for hydroxylation is 1. The molecule has 0 aliphatic carbocycles. The van der Waals surface area contributed by atoms with Gasteiger partial charge in [-0.15, -0.1) is 12.3 Å².